The van der Waals surface area contributed by atoms with Crippen molar-refractivity contribution in [2.24, 2.45) is 0 Å². The zero-order chi connectivity index (χ0) is 10.1. The molecule has 0 radical (unpaired) electrons. The van der Waals surface area contributed by atoms with Crippen molar-refractivity contribution in [2.45, 2.75) is 0 Å². The lowest BCUT2D eigenvalue weighted by atomic mass is 10.0. The molecule has 2 aromatic carbocycles. The van der Waals surface area contributed by atoms with Crippen LogP contribution in [-0.4, -0.2) is 0 Å². The van der Waals surface area contributed by atoms with E-state index in [9.17, 15) is 8.78 Å². The number of fused-ring (bicyclic) bond motifs is 1. The summed E-state index contributed by atoms with van der Waals surface area (Å²) in [6.45, 7) is 0. The molecule has 0 atom stereocenters. The summed E-state index contributed by atoms with van der Waals surface area (Å²) in [5, 5.41) is 9.29. The molecule has 0 heterocycles. The Morgan fingerprint density at radius 1 is 1.07 bits per heavy atom. The van der Waals surface area contributed by atoms with Crippen molar-refractivity contribution in [3.8, 4) is 6.07 Å². The molecule has 0 fully saturated rings. The summed E-state index contributed by atoms with van der Waals surface area (Å²) in [7, 11) is 0. The molecule has 0 spiro atoms. The van der Waals surface area contributed by atoms with Crippen LogP contribution in [0.2, 0.25) is 0 Å². The van der Waals surface area contributed by atoms with Crippen molar-refractivity contribution < 1.29 is 8.78 Å². The molecule has 0 aromatic heterocycles. The molecule has 0 saturated carbocycles. The van der Waals surface area contributed by atoms with Gasteiger partial charge in [-0.05, 0) is 17.5 Å². The Labute approximate surface area is 79.2 Å². The van der Waals surface area contributed by atoms with E-state index in [4.69, 9.17) is 5.26 Å². The smallest absolute Gasteiger partial charge is 0.167 e. The molecule has 1 nitrogen and oxygen atoms in total. The van der Waals surface area contributed by atoms with E-state index < -0.39 is 11.6 Å². The maximum Gasteiger partial charge on any atom is 0.167 e. The zero-order valence-electron chi connectivity index (χ0n) is 7.09. The molecule has 0 amide bonds. The monoisotopic (exact) mass is 189 g/mol. The van der Waals surface area contributed by atoms with E-state index in [-0.39, 0.29) is 10.9 Å². The SMILES string of the molecule is N#Cc1cccc2ccc(F)c(F)c12. The van der Waals surface area contributed by atoms with Crippen LogP contribution in [0.1, 0.15) is 5.56 Å². The summed E-state index contributed by atoms with van der Waals surface area (Å²) in [4.78, 5) is 0. The van der Waals surface area contributed by atoms with Crippen molar-refractivity contribution in [3.63, 3.8) is 0 Å². The van der Waals surface area contributed by atoms with E-state index in [0.29, 0.717) is 5.39 Å². The van der Waals surface area contributed by atoms with Gasteiger partial charge in [0.15, 0.2) is 11.6 Å². The molecule has 0 aliphatic rings. The first-order valence-corrected chi connectivity index (χ1v) is 4.01. The minimum absolute atomic E-state index is 0.0509. The summed E-state index contributed by atoms with van der Waals surface area (Å²) in [6.07, 6.45) is 0. The normalized spacial score (nSPS) is 10.1. The van der Waals surface area contributed by atoms with Crippen molar-refractivity contribution in [1.82, 2.24) is 0 Å². The third kappa shape index (κ3) is 1.12. The number of nitrogens with zero attached hydrogens (tertiary/aromatic N) is 1. The molecule has 68 valence electrons. The summed E-state index contributed by atoms with van der Waals surface area (Å²) < 4.78 is 26.2. The highest BCUT2D eigenvalue weighted by Crippen LogP contribution is 2.23. The highest BCUT2D eigenvalue weighted by atomic mass is 19.2. The van der Waals surface area contributed by atoms with E-state index in [2.05, 4.69) is 0 Å². The van der Waals surface area contributed by atoms with Crippen LogP contribution in [0.25, 0.3) is 10.8 Å². The first-order valence-electron chi connectivity index (χ1n) is 4.01. The van der Waals surface area contributed by atoms with Gasteiger partial charge in [-0.1, -0.05) is 18.2 Å². The van der Waals surface area contributed by atoms with Crippen LogP contribution < -0.4 is 0 Å². The van der Waals surface area contributed by atoms with E-state index in [0.717, 1.165) is 6.07 Å². The van der Waals surface area contributed by atoms with Gasteiger partial charge in [-0.25, -0.2) is 8.78 Å². The standard InChI is InChI=1S/C11H5F2N/c12-9-5-4-7-2-1-3-8(6-14)10(7)11(9)13/h1-5H. The Kier molecular flexibility index (Phi) is 1.90. The topological polar surface area (TPSA) is 23.8 Å². The van der Waals surface area contributed by atoms with Gasteiger partial charge < -0.3 is 0 Å². The van der Waals surface area contributed by atoms with Crippen LogP contribution in [0.15, 0.2) is 30.3 Å². The van der Waals surface area contributed by atoms with Gasteiger partial charge in [0.25, 0.3) is 0 Å². The Morgan fingerprint density at radius 2 is 1.86 bits per heavy atom. The van der Waals surface area contributed by atoms with Gasteiger partial charge >= 0.3 is 0 Å². The third-order valence-corrected chi connectivity index (χ3v) is 2.06. The summed E-state index contributed by atoms with van der Waals surface area (Å²) in [5.41, 5.74) is 0.152. The highest BCUT2D eigenvalue weighted by molar-refractivity contribution is 5.88. The number of halogens is 2. The Hall–Kier alpha value is -1.95. The fraction of sp³-hybridized carbons (Fsp3) is 0. The van der Waals surface area contributed by atoms with Crippen molar-refractivity contribution in [3.05, 3.63) is 47.5 Å². The molecule has 0 bridgehead atoms. The molecular formula is C11H5F2N. The average Bonchev–Trinajstić information content (AvgIpc) is 2.23. The molecule has 0 N–H and O–H groups in total. The Bertz CT molecular complexity index is 541. The Morgan fingerprint density at radius 3 is 2.57 bits per heavy atom. The average molecular weight is 189 g/mol. The van der Waals surface area contributed by atoms with Crippen LogP contribution in [-0.2, 0) is 0 Å². The molecule has 0 aliphatic heterocycles. The summed E-state index contributed by atoms with van der Waals surface area (Å²) in [6, 6.07) is 9.08. The number of benzene rings is 2. The summed E-state index contributed by atoms with van der Waals surface area (Å²) in [5.74, 6) is -1.89. The van der Waals surface area contributed by atoms with E-state index in [1.807, 2.05) is 6.07 Å². The minimum atomic E-state index is -0.959. The maximum absolute atomic E-state index is 13.3. The second kappa shape index (κ2) is 3.08. The lowest BCUT2D eigenvalue weighted by Gasteiger charge is -2.01. The fourth-order valence-electron chi connectivity index (χ4n) is 1.40. The van der Waals surface area contributed by atoms with Gasteiger partial charge in [0.2, 0.25) is 0 Å². The van der Waals surface area contributed by atoms with Gasteiger partial charge in [-0.3, -0.25) is 0 Å². The highest BCUT2D eigenvalue weighted by Gasteiger charge is 2.09. The van der Waals surface area contributed by atoms with Crippen molar-refractivity contribution in [2.75, 3.05) is 0 Å². The first-order chi connectivity index (χ1) is 6.74. The predicted octanol–water partition coefficient (Wildman–Crippen LogP) is 2.99. The number of nitriles is 1. The fourth-order valence-corrected chi connectivity index (χ4v) is 1.40. The first kappa shape index (κ1) is 8.64. The summed E-state index contributed by atoms with van der Waals surface area (Å²) >= 11 is 0. The lowest BCUT2D eigenvalue weighted by Crippen LogP contribution is -1.89. The van der Waals surface area contributed by atoms with Crippen LogP contribution in [0.4, 0.5) is 8.78 Å². The van der Waals surface area contributed by atoms with E-state index >= 15 is 0 Å². The molecule has 3 heteroatoms. The lowest BCUT2D eigenvalue weighted by molar-refractivity contribution is 0.517. The number of rotatable bonds is 0. The quantitative estimate of drug-likeness (QED) is 0.625. The van der Waals surface area contributed by atoms with E-state index in [1.165, 1.54) is 12.1 Å². The molecule has 14 heavy (non-hydrogen) atoms. The van der Waals surface area contributed by atoms with Crippen molar-refractivity contribution in [1.29, 1.82) is 5.26 Å². The largest absolute Gasteiger partial charge is 0.204 e. The van der Waals surface area contributed by atoms with Crippen molar-refractivity contribution >= 4 is 10.8 Å². The van der Waals surface area contributed by atoms with Gasteiger partial charge in [-0.15, -0.1) is 0 Å². The van der Waals surface area contributed by atoms with Crippen LogP contribution in [0, 0.1) is 23.0 Å². The molecule has 2 aromatic rings. The van der Waals surface area contributed by atoms with E-state index in [1.54, 1.807) is 12.1 Å². The second-order valence-corrected chi connectivity index (χ2v) is 2.88. The molecule has 0 unspecified atom stereocenters. The number of hydrogen-bond donors (Lipinski definition) is 0. The second-order valence-electron chi connectivity index (χ2n) is 2.88. The molecule has 0 saturated heterocycles. The third-order valence-electron chi connectivity index (χ3n) is 2.06. The van der Waals surface area contributed by atoms with Crippen LogP contribution in [0.3, 0.4) is 0 Å². The van der Waals surface area contributed by atoms with Crippen LogP contribution >= 0.6 is 0 Å². The van der Waals surface area contributed by atoms with Gasteiger partial charge in [-0.2, -0.15) is 5.26 Å². The zero-order valence-corrected chi connectivity index (χ0v) is 7.09. The minimum Gasteiger partial charge on any atom is -0.204 e. The Balaban J connectivity index is 2.99. The molecule has 0 aliphatic carbocycles. The predicted molar refractivity (Wildman–Crippen MR) is 48.6 cm³/mol. The maximum atomic E-state index is 13.3. The van der Waals surface area contributed by atoms with Gasteiger partial charge in [0, 0.05) is 5.39 Å². The van der Waals surface area contributed by atoms with Gasteiger partial charge in [0.05, 0.1) is 11.6 Å². The molecular weight excluding hydrogens is 184 g/mol. The molecule has 2 rings (SSSR count). The number of hydrogen-bond acceptors (Lipinski definition) is 1. The van der Waals surface area contributed by atoms with Crippen LogP contribution in [0.5, 0.6) is 0 Å². The van der Waals surface area contributed by atoms with Gasteiger partial charge in [0.1, 0.15) is 0 Å².